The summed E-state index contributed by atoms with van der Waals surface area (Å²) in [5.74, 6) is 0.798. The van der Waals surface area contributed by atoms with E-state index in [1.165, 1.54) is 31.4 Å². The zero-order valence-electron chi connectivity index (χ0n) is 14.0. The Bertz CT molecular complexity index is 712. The highest BCUT2D eigenvalue weighted by molar-refractivity contribution is 5.58. The number of aromatic nitrogens is 2. The Morgan fingerprint density at radius 1 is 1.32 bits per heavy atom. The Labute approximate surface area is 145 Å². The molecule has 0 unspecified atom stereocenters. The Kier molecular flexibility index (Phi) is 5.72. The summed E-state index contributed by atoms with van der Waals surface area (Å²) in [4.78, 5) is 17.0. The fourth-order valence-corrected chi connectivity index (χ4v) is 3.33. The van der Waals surface area contributed by atoms with Crippen LogP contribution in [0.1, 0.15) is 38.0 Å². The van der Waals surface area contributed by atoms with Gasteiger partial charge in [-0.25, -0.2) is 0 Å². The Morgan fingerprint density at radius 2 is 2.12 bits per heavy atom. The van der Waals surface area contributed by atoms with Crippen molar-refractivity contribution in [3.63, 3.8) is 0 Å². The molecule has 3 rings (SSSR count). The van der Waals surface area contributed by atoms with Crippen LogP contribution in [0.4, 0.5) is 5.69 Å². The first-order valence-corrected chi connectivity index (χ1v) is 8.59. The molecule has 0 bridgehead atoms. The van der Waals surface area contributed by atoms with Crippen LogP contribution in [-0.2, 0) is 6.54 Å². The lowest BCUT2D eigenvalue weighted by molar-refractivity contribution is -0.384. The van der Waals surface area contributed by atoms with E-state index >= 15 is 0 Å². The highest BCUT2D eigenvalue weighted by atomic mass is 16.6. The number of non-ortho nitro benzene ring substituents is 1. The van der Waals surface area contributed by atoms with E-state index in [0.29, 0.717) is 36.4 Å². The second kappa shape index (κ2) is 8.17. The van der Waals surface area contributed by atoms with Crippen molar-refractivity contribution in [2.75, 3.05) is 13.2 Å². The fraction of sp³-hybridized carbons (Fsp3) is 0.529. The minimum absolute atomic E-state index is 0.00652. The summed E-state index contributed by atoms with van der Waals surface area (Å²) < 4.78 is 5.33. The van der Waals surface area contributed by atoms with E-state index in [-0.39, 0.29) is 12.3 Å². The average Bonchev–Trinajstić information content (AvgIpc) is 3.11. The number of benzene rings is 1. The number of hydrogen-bond acceptors (Lipinski definition) is 7. The van der Waals surface area contributed by atoms with Crippen molar-refractivity contribution in [1.82, 2.24) is 15.0 Å². The number of aliphatic hydroxyl groups is 1. The molecule has 134 valence electrons. The molecule has 1 saturated carbocycles. The first-order chi connectivity index (χ1) is 12.2. The van der Waals surface area contributed by atoms with E-state index < -0.39 is 4.92 Å². The summed E-state index contributed by atoms with van der Waals surface area (Å²) in [6, 6.07) is 6.60. The summed E-state index contributed by atoms with van der Waals surface area (Å²) in [5.41, 5.74) is 0.545. The molecule has 0 atom stereocenters. The Balaban J connectivity index is 1.73. The predicted octanol–water partition coefficient (Wildman–Crippen LogP) is 2.77. The van der Waals surface area contributed by atoms with E-state index in [4.69, 9.17) is 4.52 Å². The second-order valence-corrected chi connectivity index (χ2v) is 6.31. The Morgan fingerprint density at radius 3 is 2.84 bits per heavy atom. The molecule has 0 radical (unpaired) electrons. The molecule has 0 amide bonds. The summed E-state index contributed by atoms with van der Waals surface area (Å²) in [6.45, 7) is 1.13. The van der Waals surface area contributed by atoms with Gasteiger partial charge in [0, 0.05) is 30.3 Å². The molecule has 0 saturated heterocycles. The van der Waals surface area contributed by atoms with E-state index in [2.05, 4.69) is 15.0 Å². The lowest BCUT2D eigenvalue weighted by Gasteiger charge is -2.32. The van der Waals surface area contributed by atoms with Gasteiger partial charge in [0.1, 0.15) is 0 Å². The summed E-state index contributed by atoms with van der Waals surface area (Å²) in [6.07, 6.45) is 5.91. The summed E-state index contributed by atoms with van der Waals surface area (Å²) >= 11 is 0. The maximum absolute atomic E-state index is 10.9. The van der Waals surface area contributed by atoms with Crippen LogP contribution in [0, 0.1) is 10.1 Å². The van der Waals surface area contributed by atoms with Gasteiger partial charge < -0.3 is 9.63 Å². The first-order valence-electron chi connectivity index (χ1n) is 8.59. The molecule has 1 aliphatic rings. The molecule has 8 heteroatoms. The minimum atomic E-state index is -0.448. The zero-order chi connectivity index (χ0) is 17.6. The number of aliphatic hydroxyl groups excluding tert-OH is 1. The third-order valence-corrected chi connectivity index (χ3v) is 4.60. The molecular weight excluding hydrogens is 324 g/mol. The smallest absolute Gasteiger partial charge is 0.270 e. The van der Waals surface area contributed by atoms with Gasteiger partial charge in [-0.2, -0.15) is 4.98 Å². The summed E-state index contributed by atoms with van der Waals surface area (Å²) in [5, 5.41) is 24.2. The van der Waals surface area contributed by atoms with Gasteiger partial charge in [0.25, 0.3) is 5.69 Å². The van der Waals surface area contributed by atoms with Gasteiger partial charge in [0.05, 0.1) is 18.1 Å². The van der Waals surface area contributed by atoms with E-state index in [1.54, 1.807) is 12.1 Å². The fourth-order valence-electron chi connectivity index (χ4n) is 3.33. The number of nitrogens with zero attached hydrogens (tertiary/aromatic N) is 4. The topological polar surface area (TPSA) is 106 Å². The molecule has 1 aliphatic carbocycles. The van der Waals surface area contributed by atoms with Crippen molar-refractivity contribution in [2.45, 2.75) is 44.7 Å². The lowest BCUT2D eigenvalue weighted by atomic mass is 9.94. The molecular formula is C17H22N4O4. The normalized spacial score (nSPS) is 15.6. The Hall–Kier alpha value is -2.32. The van der Waals surface area contributed by atoms with Crippen LogP contribution < -0.4 is 0 Å². The molecule has 8 nitrogen and oxygen atoms in total. The minimum Gasteiger partial charge on any atom is -0.395 e. The third kappa shape index (κ3) is 4.40. The second-order valence-electron chi connectivity index (χ2n) is 6.31. The molecule has 0 aliphatic heterocycles. The van der Waals surface area contributed by atoms with Crippen LogP contribution in [0.5, 0.6) is 0 Å². The molecule has 25 heavy (non-hydrogen) atoms. The number of hydrogen-bond donors (Lipinski definition) is 1. The van der Waals surface area contributed by atoms with Crippen molar-refractivity contribution in [1.29, 1.82) is 0 Å². The molecule has 1 heterocycles. The standard InChI is InChI=1S/C17H22N4O4/c22-10-9-20(14-6-2-1-3-7-14)12-16-18-17(19-25-16)13-5-4-8-15(11-13)21(23)24/h4-5,8,11,14,22H,1-3,6-7,9-10,12H2. The van der Waals surface area contributed by atoms with Crippen LogP contribution in [0.25, 0.3) is 11.4 Å². The predicted molar refractivity (Wildman–Crippen MR) is 90.8 cm³/mol. The van der Waals surface area contributed by atoms with E-state index in [9.17, 15) is 15.2 Å². The van der Waals surface area contributed by atoms with Crippen LogP contribution in [-0.4, -0.2) is 44.3 Å². The maximum atomic E-state index is 10.9. The van der Waals surface area contributed by atoms with Gasteiger partial charge in [0.2, 0.25) is 11.7 Å². The number of rotatable bonds is 7. The average molecular weight is 346 g/mol. The third-order valence-electron chi connectivity index (χ3n) is 4.60. The first kappa shape index (κ1) is 17.5. The van der Waals surface area contributed by atoms with Crippen LogP contribution in [0.2, 0.25) is 0 Å². The highest BCUT2D eigenvalue weighted by Crippen LogP contribution is 2.25. The molecule has 1 aromatic carbocycles. The zero-order valence-corrected chi connectivity index (χ0v) is 14.0. The van der Waals surface area contributed by atoms with Crippen molar-refractivity contribution in [2.24, 2.45) is 0 Å². The maximum Gasteiger partial charge on any atom is 0.270 e. The monoisotopic (exact) mass is 346 g/mol. The van der Waals surface area contributed by atoms with Gasteiger partial charge in [-0.3, -0.25) is 15.0 Å². The van der Waals surface area contributed by atoms with Crippen LogP contribution in [0.15, 0.2) is 28.8 Å². The molecule has 1 fully saturated rings. The number of nitro groups is 1. The number of nitro benzene ring substituents is 1. The lowest BCUT2D eigenvalue weighted by Crippen LogP contribution is -2.38. The highest BCUT2D eigenvalue weighted by Gasteiger charge is 2.23. The van der Waals surface area contributed by atoms with Crippen molar-refractivity contribution in [3.05, 3.63) is 40.3 Å². The van der Waals surface area contributed by atoms with Gasteiger partial charge in [-0.15, -0.1) is 0 Å². The SMILES string of the molecule is O=[N+]([O-])c1cccc(-c2noc(CN(CCO)C3CCCCC3)n2)c1. The van der Waals surface area contributed by atoms with Crippen LogP contribution in [0.3, 0.4) is 0 Å². The molecule has 0 spiro atoms. The van der Waals surface area contributed by atoms with Crippen LogP contribution >= 0.6 is 0 Å². The van der Waals surface area contributed by atoms with Crippen molar-refractivity contribution >= 4 is 5.69 Å². The largest absolute Gasteiger partial charge is 0.395 e. The molecule has 1 aromatic heterocycles. The van der Waals surface area contributed by atoms with Gasteiger partial charge in [-0.1, -0.05) is 36.6 Å². The van der Waals surface area contributed by atoms with Gasteiger partial charge in [-0.05, 0) is 12.8 Å². The van der Waals surface area contributed by atoms with E-state index in [0.717, 1.165) is 12.8 Å². The van der Waals surface area contributed by atoms with Gasteiger partial charge in [0.15, 0.2) is 0 Å². The van der Waals surface area contributed by atoms with Gasteiger partial charge >= 0.3 is 0 Å². The van der Waals surface area contributed by atoms with E-state index in [1.807, 2.05) is 0 Å². The quantitative estimate of drug-likeness (QED) is 0.607. The van der Waals surface area contributed by atoms with Crippen molar-refractivity contribution in [3.8, 4) is 11.4 Å². The molecule has 1 N–H and O–H groups in total. The summed E-state index contributed by atoms with van der Waals surface area (Å²) in [7, 11) is 0. The van der Waals surface area contributed by atoms with Crippen molar-refractivity contribution < 1.29 is 14.6 Å². The molecule has 2 aromatic rings.